The molecule has 0 bridgehead atoms. The Morgan fingerprint density at radius 2 is 1.89 bits per heavy atom. The van der Waals surface area contributed by atoms with Crippen LogP contribution in [0.25, 0.3) is 0 Å². The monoisotopic (exact) mass is 267 g/mol. The molecule has 0 aliphatic carbocycles. The third kappa shape index (κ3) is 5.59. The highest BCUT2D eigenvalue weighted by Crippen LogP contribution is 2.25. The number of nitrogens with one attached hydrogen (secondary N) is 1. The van der Waals surface area contributed by atoms with E-state index >= 15 is 0 Å². The lowest BCUT2D eigenvalue weighted by molar-refractivity contribution is 0.0617. The van der Waals surface area contributed by atoms with E-state index in [1.54, 1.807) is 7.11 Å². The summed E-state index contributed by atoms with van der Waals surface area (Å²) in [5, 5.41) is 3.27. The summed E-state index contributed by atoms with van der Waals surface area (Å²) < 4.78 is 16.4. The molecule has 1 atom stereocenters. The largest absolute Gasteiger partial charge is 0.491 e. The van der Waals surface area contributed by atoms with Crippen LogP contribution in [0.1, 0.15) is 25.5 Å². The van der Waals surface area contributed by atoms with Crippen LogP contribution in [0.5, 0.6) is 5.75 Å². The molecule has 1 aromatic rings. The minimum absolute atomic E-state index is 0.126. The Labute approximate surface area is 116 Å². The van der Waals surface area contributed by atoms with E-state index in [2.05, 4.69) is 11.4 Å². The number of rotatable bonds is 9. The number of hydrogen-bond acceptors (Lipinski definition) is 4. The van der Waals surface area contributed by atoms with Gasteiger partial charge >= 0.3 is 0 Å². The number of para-hydroxylation sites is 1. The number of hydrogen-bond donors (Lipinski definition) is 1. The summed E-state index contributed by atoms with van der Waals surface area (Å²) in [6.07, 6.45) is 0.220. The molecule has 1 N–H and O–H groups in total. The SMILES string of the molecule is CNC(COC(C)C)c1ccccc1OCCOC. The molecule has 0 heterocycles. The number of ether oxygens (including phenoxy) is 3. The zero-order chi connectivity index (χ0) is 14.1. The normalized spacial score (nSPS) is 12.7. The Balaban J connectivity index is 2.72. The van der Waals surface area contributed by atoms with Crippen LogP contribution in [0, 0.1) is 0 Å². The van der Waals surface area contributed by atoms with Crippen molar-refractivity contribution < 1.29 is 14.2 Å². The van der Waals surface area contributed by atoms with Gasteiger partial charge in [-0.3, -0.25) is 0 Å². The summed E-state index contributed by atoms with van der Waals surface area (Å²) in [5.74, 6) is 0.881. The molecule has 0 amide bonds. The zero-order valence-electron chi connectivity index (χ0n) is 12.3. The molecule has 4 heteroatoms. The maximum absolute atomic E-state index is 5.75. The first kappa shape index (κ1) is 16.0. The van der Waals surface area contributed by atoms with Gasteiger partial charge in [0.2, 0.25) is 0 Å². The Morgan fingerprint density at radius 1 is 1.16 bits per heavy atom. The summed E-state index contributed by atoms with van der Waals surface area (Å²) in [6.45, 7) is 5.83. The standard InChI is InChI=1S/C15H25NO3/c1-12(2)19-11-14(16-3)13-7-5-6-8-15(13)18-10-9-17-4/h5-8,12,14,16H,9-11H2,1-4H3. The van der Waals surface area contributed by atoms with E-state index in [1.807, 2.05) is 39.1 Å². The third-order valence-corrected chi connectivity index (χ3v) is 2.78. The van der Waals surface area contributed by atoms with Gasteiger partial charge in [0.1, 0.15) is 12.4 Å². The highest BCUT2D eigenvalue weighted by atomic mass is 16.5. The molecule has 0 saturated heterocycles. The van der Waals surface area contributed by atoms with E-state index in [9.17, 15) is 0 Å². The number of benzene rings is 1. The lowest BCUT2D eigenvalue weighted by Gasteiger charge is -2.21. The molecule has 0 fully saturated rings. The molecule has 1 aromatic carbocycles. The molecule has 1 unspecified atom stereocenters. The van der Waals surface area contributed by atoms with Gasteiger partial charge in [0.15, 0.2) is 0 Å². The second-order valence-electron chi connectivity index (χ2n) is 4.60. The predicted molar refractivity (Wildman–Crippen MR) is 76.7 cm³/mol. The molecule has 0 spiro atoms. The van der Waals surface area contributed by atoms with Gasteiger partial charge in [0.05, 0.1) is 25.4 Å². The number of likely N-dealkylation sites (N-methyl/N-ethyl adjacent to an activating group) is 1. The van der Waals surface area contributed by atoms with E-state index in [-0.39, 0.29) is 12.1 Å². The van der Waals surface area contributed by atoms with Crippen molar-refractivity contribution >= 4 is 0 Å². The van der Waals surface area contributed by atoms with Crippen LogP contribution in [-0.2, 0) is 9.47 Å². The van der Waals surface area contributed by atoms with Crippen LogP contribution in [-0.4, -0.2) is 40.1 Å². The van der Waals surface area contributed by atoms with Gasteiger partial charge in [-0.15, -0.1) is 0 Å². The first-order chi connectivity index (χ1) is 9.19. The van der Waals surface area contributed by atoms with Crippen molar-refractivity contribution in [3.05, 3.63) is 29.8 Å². The summed E-state index contributed by atoms with van der Waals surface area (Å²) in [7, 11) is 3.60. The van der Waals surface area contributed by atoms with Crippen molar-refractivity contribution in [2.24, 2.45) is 0 Å². The van der Waals surface area contributed by atoms with Crippen LogP contribution in [0.15, 0.2) is 24.3 Å². The number of methoxy groups -OCH3 is 1. The molecule has 0 aliphatic heterocycles. The fourth-order valence-corrected chi connectivity index (χ4v) is 1.75. The Morgan fingerprint density at radius 3 is 2.53 bits per heavy atom. The van der Waals surface area contributed by atoms with Gasteiger partial charge in [0.25, 0.3) is 0 Å². The van der Waals surface area contributed by atoms with Gasteiger partial charge in [-0.2, -0.15) is 0 Å². The highest BCUT2D eigenvalue weighted by Gasteiger charge is 2.15. The molecule has 0 aromatic heterocycles. The molecular weight excluding hydrogens is 242 g/mol. The lowest BCUT2D eigenvalue weighted by Crippen LogP contribution is -2.24. The van der Waals surface area contributed by atoms with Gasteiger partial charge in [0, 0.05) is 12.7 Å². The molecule has 108 valence electrons. The summed E-state index contributed by atoms with van der Waals surface area (Å²) in [5.41, 5.74) is 1.11. The van der Waals surface area contributed by atoms with E-state index in [4.69, 9.17) is 14.2 Å². The fourth-order valence-electron chi connectivity index (χ4n) is 1.75. The van der Waals surface area contributed by atoms with Crippen LogP contribution in [0.4, 0.5) is 0 Å². The fraction of sp³-hybridized carbons (Fsp3) is 0.600. The molecule has 0 radical (unpaired) electrons. The summed E-state index contributed by atoms with van der Waals surface area (Å²) in [4.78, 5) is 0. The first-order valence-electron chi connectivity index (χ1n) is 6.68. The second-order valence-corrected chi connectivity index (χ2v) is 4.60. The molecule has 4 nitrogen and oxygen atoms in total. The zero-order valence-corrected chi connectivity index (χ0v) is 12.3. The predicted octanol–water partition coefficient (Wildman–Crippen LogP) is 2.40. The summed E-state index contributed by atoms with van der Waals surface area (Å²) >= 11 is 0. The summed E-state index contributed by atoms with van der Waals surface area (Å²) in [6, 6.07) is 8.15. The molecule has 19 heavy (non-hydrogen) atoms. The van der Waals surface area contributed by atoms with Crippen LogP contribution < -0.4 is 10.1 Å². The van der Waals surface area contributed by atoms with Crippen molar-refractivity contribution in [2.75, 3.05) is 34.0 Å². The second kappa shape index (κ2) is 8.91. The van der Waals surface area contributed by atoms with Crippen LogP contribution >= 0.6 is 0 Å². The maximum atomic E-state index is 5.75. The smallest absolute Gasteiger partial charge is 0.124 e. The minimum atomic E-state index is 0.126. The van der Waals surface area contributed by atoms with Crippen molar-refractivity contribution in [1.82, 2.24) is 5.32 Å². The van der Waals surface area contributed by atoms with Gasteiger partial charge in [-0.1, -0.05) is 18.2 Å². The van der Waals surface area contributed by atoms with E-state index in [0.29, 0.717) is 19.8 Å². The van der Waals surface area contributed by atoms with Crippen molar-refractivity contribution in [2.45, 2.75) is 26.0 Å². The molecular formula is C15H25NO3. The Bertz CT molecular complexity index is 355. The van der Waals surface area contributed by atoms with Crippen LogP contribution in [0.2, 0.25) is 0 Å². The average molecular weight is 267 g/mol. The Kier molecular flexibility index (Phi) is 7.48. The van der Waals surface area contributed by atoms with Gasteiger partial charge in [-0.25, -0.2) is 0 Å². The topological polar surface area (TPSA) is 39.7 Å². The third-order valence-electron chi connectivity index (χ3n) is 2.78. The lowest BCUT2D eigenvalue weighted by atomic mass is 10.1. The Hall–Kier alpha value is -1.10. The molecule has 0 aliphatic rings. The van der Waals surface area contributed by atoms with Gasteiger partial charge in [-0.05, 0) is 27.0 Å². The maximum Gasteiger partial charge on any atom is 0.124 e. The minimum Gasteiger partial charge on any atom is -0.491 e. The van der Waals surface area contributed by atoms with Crippen molar-refractivity contribution in [3.63, 3.8) is 0 Å². The molecule has 0 saturated carbocycles. The first-order valence-corrected chi connectivity index (χ1v) is 6.68. The van der Waals surface area contributed by atoms with Crippen LogP contribution in [0.3, 0.4) is 0 Å². The van der Waals surface area contributed by atoms with Crippen molar-refractivity contribution in [1.29, 1.82) is 0 Å². The van der Waals surface area contributed by atoms with E-state index in [1.165, 1.54) is 0 Å². The van der Waals surface area contributed by atoms with E-state index in [0.717, 1.165) is 11.3 Å². The molecule has 1 rings (SSSR count). The van der Waals surface area contributed by atoms with Crippen molar-refractivity contribution in [3.8, 4) is 5.75 Å². The highest BCUT2D eigenvalue weighted by molar-refractivity contribution is 5.36. The van der Waals surface area contributed by atoms with Gasteiger partial charge < -0.3 is 19.5 Å². The average Bonchev–Trinajstić information content (AvgIpc) is 2.41. The quantitative estimate of drug-likeness (QED) is 0.697. The van der Waals surface area contributed by atoms with E-state index < -0.39 is 0 Å².